The predicted molar refractivity (Wildman–Crippen MR) is 98.3 cm³/mol. The Balaban J connectivity index is 1.52. The van der Waals surface area contributed by atoms with Crippen LogP contribution in [0.2, 0.25) is 0 Å². The van der Waals surface area contributed by atoms with Crippen molar-refractivity contribution < 1.29 is 14.6 Å². The molecule has 3 heterocycles. The Morgan fingerprint density at radius 2 is 2.11 bits per heavy atom. The van der Waals surface area contributed by atoms with Crippen LogP contribution in [-0.4, -0.2) is 68.1 Å². The standard InChI is InChI=1S/C19H25N5O3/c1-23-15(6-8-21-23)19(26)22-14-11-16(27-13-5-4-7-20-12-13)18(25)17(14)24-9-2-3-10-24/h4-8,12,14,16-18,25H,2-3,9-11H2,1H3,(H,22,26)/t14-,16-,17+,18+/m1/s1. The van der Waals surface area contributed by atoms with Crippen molar-refractivity contribution in [2.24, 2.45) is 7.05 Å². The average molecular weight is 371 g/mol. The molecule has 2 N–H and O–H groups in total. The molecule has 1 saturated heterocycles. The van der Waals surface area contributed by atoms with Crippen LogP contribution in [-0.2, 0) is 7.05 Å². The number of aliphatic hydroxyl groups is 1. The highest BCUT2D eigenvalue weighted by atomic mass is 16.5. The molecule has 0 radical (unpaired) electrons. The van der Waals surface area contributed by atoms with Crippen LogP contribution in [0.3, 0.4) is 0 Å². The molecule has 27 heavy (non-hydrogen) atoms. The first kappa shape index (κ1) is 17.9. The van der Waals surface area contributed by atoms with Crippen molar-refractivity contribution in [3.05, 3.63) is 42.5 Å². The lowest BCUT2D eigenvalue weighted by Crippen LogP contribution is -2.52. The van der Waals surface area contributed by atoms with Crippen LogP contribution < -0.4 is 10.1 Å². The summed E-state index contributed by atoms with van der Waals surface area (Å²) in [5, 5.41) is 18.1. The molecule has 0 bridgehead atoms. The van der Waals surface area contributed by atoms with E-state index in [-0.39, 0.29) is 18.0 Å². The van der Waals surface area contributed by atoms with Crippen LogP contribution in [0.15, 0.2) is 36.8 Å². The number of pyridine rings is 1. The van der Waals surface area contributed by atoms with Crippen molar-refractivity contribution in [2.45, 2.75) is 43.6 Å². The highest BCUT2D eigenvalue weighted by Gasteiger charge is 2.48. The first-order valence-corrected chi connectivity index (χ1v) is 9.41. The second-order valence-electron chi connectivity index (χ2n) is 7.23. The highest BCUT2D eigenvalue weighted by Crippen LogP contribution is 2.31. The van der Waals surface area contributed by atoms with Crippen molar-refractivity contribution in [1.29, 1.82) is 0 Å². The molecule has 0 unspecified atom stereocenters. The summed E-state index contributed by atoms with van der Waals surface area (Å²) in [4.78, 5) is 19.0. The molecule has 4 rings (SSSR count). The van der Waals surface area contributed by atoms with Gasteiger partial charge in [-0.05, 0) is 44.1 Å². The molecule has 144 valence electrons. The summed E-state index contributed by atoms with van der Waals surface area (Å²) in [6.07, 6.45) is 6.61. The molecule has 2 fully saturated rings. The number of nitrogens with zero attached hydrogens (tertiary/aromatic N) is 4. The second-order valence-corrected chi connectivity index (χ2v) is 7.23. The average Bonchev–Trinajstić information content (AvgIpc) is 3.38. The van der Waals surface area contributed by atoms with E-state index in [4.69, 9.17) is 4.74 Å². The van der Waals surface area contributed by atoms with E-state index in [1.165, 1.54) is 0 Å². The molecule has 1 saturated carbocycles. The zero-order valence-corrected chi connectivity index (χ0v) is 15.4. The summed E-state index contributed by atoms with van der Waals surface area (Å²) in [5.41, 5.74) is 0.501. The molecule has 4 atom stereocenters. The highest BCUT2D eigenvalue weighted by molar-refractivity contribution is 5.92. The Kier molecular flexibility index (Phi) is 5.09. The summed E-state index contributed by atoms with van der Waals surface area (Å²) in [6.45, 7) is 1.86. The first-order chi connectivity index (χ1) is 13.1. The molecule has 2 aromatic rings. The zero-order chi connectivity index (χ0) is 18.8. The third kappa shape index (κ3) is 3.68. The Morgan fingerprint density at radius 1 is 1.30 bits per heavy atom. The van der Waals surface area contributed by atoms with Crippen LogP contribution in [0.4, 0.5) is 0 Å². The predicted octanol–water partition coefficient (Wildman–Crippen LogP) is 0.590. The van der Waals surface area contributed by atoms with Gasteiger partial charge in [-0.25, -0.2) is 0 Å². The molecule has 2 aliphatic rings. The van der Waals surface area contributed by atoms with Gasteiger partial charge in [-0.1, -0.05) is 0 Å². The Labute approximate surface area is 158 Å². The number of rotatable bonds is 5. The van der Waals surface area contributed by atoms with E-state index in [2.05, 4.69) is 20.3 Å². The largest absolute Gasteiger partial charge is 0.486 e. The summed E-state index contributed by atoms with van der Waals surface area (Å²) in [5.74, 6) is 0.443. The lowest BCUT2D eigenvalue weighted by molar-refractivity contribution is 0.0138. The van der Waals surface area contributed by atoms with E-state index in [0.717, 1.165) is 25.9 Å². The molecule has 8 heteroatoms. The van der Waals surface area contributed by atoms with Crippen LogP contribution in [0.25, 0.3) is 0 Å². The molecule has 2 aromatic heterocycles. The van der Waals surface area contributed by atoms with Gasteiger partial charge in [-0.2, -0.15) is 5.10 Å². The van der Waals surface area contributed by atoms with E-state index < -0.39 is 12.2 Å². The summed E-state index contributed by atoms with van der Waals surface area (Å²) in [7, 11) is 1.74. The molecule has 0 aromatic carbocycles. The van der Waals surface area contributed by atoms with E-state index in [1.54, 1.807) is 42.5 Å². The van der Waals surface area contributed by atoms with Crippen molar-refractivity contribution >= 4 is 5.91 Å². The van der Waals surface area contributed by atoms with Crippen LogP contribution in [0, 0.1) is 0 Å². The van der Waals surface area contributed by atoms with Crippen LogP contribution in [0.5, 0.6) is 5.75 Å². The van der Waals surface area contributed by atoms with Gasteiger partial charge in [0, 0.05) is 25.9 Å². The van der Waals surface area contributed by atoms with Crippen molar-refractivity contribution in [1.82, 2.24) is 25.0 Å². The van der Waals surface area contributed by atoms with Crippen molar-refractivity contribution in [3.63, 3.8) is 0 Å². The number of likely N-dealkylation sites (tertiary alicyclic amines) is 1. The van der Waals surface area contributed by atoms with Gasteiger partial charge in [-0.3, -0.25) is 19.4 Å². The van der Waals surface area contributed by atoms with Gasteiger partial charge in [0.2, 0.25) is 0 Å². The smallest absolute Gasteiger partial charge is 0.269 e. The maximum absolute atomic E-state index is 12.7. The number of ether oxygens (including phenoxy) is 1. The Bertz CT molecular complexity index is 775. The fraction of sp³-hybridized carbons (Fsp3) is 0.526. The SMILES string of the molecule is Cn1nccc1C(=O)N[C@@H]1C[C@@H](Oc2cccnc2)[C@H](O)[C@H]1N1CCCC1. The number of aryl methyl sites for hydroxylation is 1. The molecular weight excluding hydrogens is 346 g/mol. The van der Waals surface area contributed by atoms with E-state index in [9.17, 15) is 9.90 Å². The number of hydrogen-bond donors (Lipinski definition) is 2. The molecule has 1 aliphatic carbocycles. The van der Waals surface area contributed by atoms with E-state index >= 15 is 0 Å². The third-order valence-corrected chi connectivity index (χ3v) is 5.48. The van der Waals surface area contributed by atoms with Gasteiger partial charge in [0.25, 0.3) is 5.91 Å². The summed E-state index contributed by atoms with van der Waals surface area (Å²) in [6, 6.07) is 4.96. The lowest BCUT2D eigenvalue weighted by atomic mass is 10.1. The minimum absolute atomic E-state index is 0.161. The quantitative estimate of drug-likeness (QED) is 0.799. The number of amides is 1. The van der Waals surface area contributed by atoms with Gasteiger partial charge in [0.1, 0.15) is 23.7 Å². The minimum atomic E-state index is -0.680. The molecule has 1 aliphatic heterocycles. The van der Waals surface area contributed by atoms with Gasteiger partial charge in [0.15, 0.2) is 0 Å². The van der Waals surface area contributed by atoms with E-state index in [1.807, 2.05) is 6.07 Å². The molecular formula is C19H25N5O3. The van der Waals surface area contributed by atoms with Crippen molar-refractivity contribution in [3.8, 4) is 5.75 Å². The van der Waals surface area contributed by atoms with E-state index in [0.29, 0.717) is 17.9 Å². The maximum Gasteiger partial charge on any atom is 0.269 e. The molecule has 1 amide bonds. The minimum Gasteiger partial charge on any atom is -0.486 e. The molecule has 0 spiro atoms. The van der Waals surface area contributed by atoms with Crippen molar-refractivity contribution in [2.75, 3.05) is 13.1 Å². The number of hydrogen-bond acceptors (Lipinski definition) is 6. The number of carbonyl (C=O) groups excluding carboxylic acids is 1. The number of carbonyl (C=O) groups is 1. The first-order valence-electron chi connectivity index (χ1n) is 9.41. The fourth-order valence-electron chi connectivity index (χ4n) is 4.19. The molecule has 8 nitrogen and oxygen atoms in total. The van der Waals surface area contributed by atoms with Gasteiger partial charge >= 0.3 is 0 Å². The number of aliphatic hydroxyl groups excluding tert-OH is 1. The number of aromatic nitrogens is 3. The summed E-state index contributed by atoms with van der Waals surface area (Å²) < 4.78 is 7.55. The second kappa shape index (κ2) is 7.66. The topological polar surface area (TPSA) is 92.5 Å². The summed E-state index contributed by atoms with van der Waals surface area (Å²) >= 11 is 0. The normalized spacial score (nSPS) is 28.4. The maximum atomic E-state index is 12.7. The third-order valence-electron chi connectivity index (χ3n) is 5.48. The van der Waals surface area contributed by atoms with Gasteiger partial charge in [-0.15, -0.1) is 0 Å². The zero-order valence-electron chi connectivity index (χ0n) is 15.4. The number of nitrogens with one attached hydrogen (secondary N) is 1. The monoisotopic (exact) mass is 371 g/mol. The fourth-order valence-corrected chi connectivity index (χ4v) is 4.19. The van der Waals surface area contributed by atoms with Crippen LogP contribution in [0.1, 0.15) is 29.8 Å². The Morgan fingerprint density at radius 3 is 2.78 bits per heavy atom. The Hall–Kier alpha value is -2.45. The van der Waals surface area contributed by atoms with Gasteiger partial charge in [0.05, 0.1) is 18.3 Å². The van der Waals surface area contributed by atoms with Crippen LogP contribution >= 0.6 is 0 Å². The lowest BCUT2D eigenvalue weighted by Gasteiger charge is -2.31. The van der Waals surface area contributed by atoms with Gasteiger partial charge < -0.3 is 15.2 Å².